The molecule has 19 heteroatoms. The lowest BCUT2D eigenvalue weighted by atomic mass is 10.00. The van der Waals surface area contributed by atoms with Gasteiger partial charge >= 0.3 is 39.5 Å². The van der Waals surface area contributed by atoms with Crippen molar-refractivity contribution in [2.75, 3.05) is 39.6 Å². The van der Waals surface area contributed by atoms with Crippen LogP contribution in [0.2, 0.25) is 0 Å². The summed E-state index contributed by atoms with van der Waals surface area (Å²) in [5, 5.41) is 10.5. The summed E-state index contributed by atoms with van der Waals surface area (Å²) in [6, 6.07) is 0. The minimum atomic E-state index is -4.93. The van der Waals surface area contributed by atoms with Gasteiger partial charge in [-0.05, 0) is 43.4 Å². The Hall–Kier alpha value is -1.94. The van der Waals surface area contributed by atoms with Gasteiger partial charge in [0.05, 0.1) is 26.4 Å². The Morgan fingerprint density at radius 1 is 0.387 bits per heavy atom. The van der Waals surface area contributed by atoms with Crippen LogP contribution in [0.1, 0.15) is 260 Å². The monoisotopic (exact) mass is 1110 g/mol. The smallest absolute Gasteiger partial charge is 0.462 e. The Kier molecular flexibility index (Phi) is 46.8. The van der Waals surface area contributed by atoms with Gasteiger partial charge in [-0.25, -0.2) is 9.13 Å². The van der Waals surface area contributed by atoms with Crippen LogP contribution in [0, 0.1) is 17.8 Å². The second-order valence-electron chi connectivity index (χ2n) is 21.3. The fraction of sp³-hybridized carbons (Fsp3) is 0.929. The van der Waals surface area contributed by atoms with Crippen LogP contribution in [0.25, 0.3) is 0 Å². The molecule has 0 spiro atoms. The van der Waals surface area contributed by atoms with Crippen LogP contribution in [0.4, 0.5) is 0 Å². The number of esters is 4. The molecule has 0 heterocycles. The normalized spacial score (nSPS) is 15.3. The first-order valence-electron chi connectivity index (χ1n) is 29.4. The summed E-state index contributed by atoms with van der Waals surface area (Å²) in [5.74, 6) is -0.0160. The highest BCUT2D eigenvalue weighted by Gasteiger charge is 2.30. The van der Waals surface area contributed by atoms with Crippen LogP contribution in [0.3, 0.4) is 0 Å². The van der Waals surface area contributed by atoms with Crippen molar-refractivity contribution in [1.29, 1.82) is 0 Å². The summed E-state index contributed by atoms with van der Waals surface area (Å²) in [5.41, 5.74) is 0. The van der Waals surface area contributed by atoms with Crippen molar-refractivity contribution in [3.05, 3.63) is 0 Å². The maximum absolute atomic E-state index is 12.9. The largest absolute Gasteiger partial charge is 0.472 e. The number of ether oxygens (including phenoxy) is 4. The van der Waals surface area contributed by atoms with Gasteiger partial charge in [0.15, 0.2) is 12.2 Å². The van der Waals surface area contributed by atoms with Crippen molar-refractivity contribution in [3.63, 3.8) is 0 Å². The predicted octanol–water partition coefficient (Wildman–Crippen LogP) is 14.4. The minimum Gasteiger partial charge on any atom is -0.462 e. The highest BCUT2D eigenvalue weighted by Crippen LogP contribution is 2.45. The van der Waals surface area contributed by atoms with Crippen molar-refractivity contribution >= 4 is 39.5 Å². The van der Waals surface area contributed by atoms with E-state index in [1.54, 1.807) is 0 Å². The van der Waals surface area contributed by atoms with Gasteiger partial charge in [-0.15, -0.1) is 0 Å². The van der Waals surface area contributed by atoms with E-state index >= 15 is 0 Å². The number of phosphoric ester groups is 2. The van der Waals surface area contributed by atoms with Crippen molar-refractivity contribution in [2.24, 2.45) is 17.8 Å². The zero-order valence-electron chi connectivity index (χ0n) is 48.0. The number of aliphatic hydroxyl groups excluding tert-OH is 1. The molecule has 0 amide bonds. The highest BCUT2D eigenvalue weighted by atomic mass is 31.2. The van der Waals surface area contributed by atoms with Gasteiger partial charge in [0.1, 0.15) is 19.3 Å². The molecule has 0 aromatic heterocycles. The van der Waals surface area contributed by atoms with Gasteiger partial charge in [0.2, 0.25) is 0 Å². The lowest BCUT2D eigenvalue weighted by molar-refractivity contribution is -0.161. The molecule has 17 nitrogen and oxygen atoms in total. The average molecular weight is 1120 g/mol. The van der Waals surface area contributed by atoms with E-state index in [2.05, 4.69) is 48.5 Å². The molecule has 0 bridgehead atoms. The van der Waals surface area contributed by atoms with E-state index in [1.165, 1.54) is 57.8 Å². The van der Waals surface area contributed by atoms with E-state index < -0.39 is 97.5 Å². The molecule has 0 fully saturated rings. The van der Waals surface area contributed by atoms with E-state index in [1.807, 2.05) is 0 Å². The summed E-state index contributed by atoms with van der Waals surface area (Å²) in [6.45, 7) is 11.5. The highest BCUT2D eigenvalue weighted by molar-refractivity contribution is 7.47. The Balaban J connectivity index is 5.21. The first-order chi connectivity index (χ1) is 35.8. The fourth-order valence-corrected chi connectivity index (χ4v) is 9.58. The van der Waals surface area contributed by atoms with Crippen LogP contribution in [-0.2, 0) is 65.4 Å². The number of unbranched alkanes of at least 4 members (excludes halogenated alkanes) is 20. The van der Waals surface area contributed by atoms with E-state index in [9.17, 15) is 43.2 Å². The second kappa shape index (κ2) is 48.0. The average Bonchev–Trinajstić information content (AvgIpc) is 3.37. The summed E-state index contributed by atoms with van der Waals surface area (Å²) < 4.78 is 67.4. The molecule has 0 aliphatic carbocycles. The quantitative estimate of drug-likeness (QED) is 0.0222. The van der Waals surface area contributed by atoms with Gasteiger partial charge in [0, 0.05) is 25.7 Å². The van der Waals surface area contributed by atoms with Crippen molar-refractivity contribution in [2.45, 2.75) is 279 Å². The van der Waals surface area contributed by atoms with Crippen molar-refractivity contribution in [1.82, 2.24) is 0 Å². The molecule has 444 valence electrons. The SMILES string of the molecule is CCCCCCCC(=O)OC[C@H](COP(=O)(O)OC[C@H](O)COP(=O)(O)OC[C@@H](COC(=O)CCCCCCCCC(C)CC)OC(=O)CCCCCCCCCC(C)C)OC(=O)CCCCCCCCC(C)CC. The van der Waals surface area contributed by atoms with Crippen molar-refractivity contribution in [3.8, 4) is 0 Å². The molecule has 0 saturated carbocycles. The molecule has 0 saturated heterocycles. The summed E-state index contributed by atoms with van der Waals surface area (Å²) >= 11 is 0. The van der Waals surface area contributed by atoms with E-state index in [-0.39, 0.29) is 25.7 Å². The van der Waals surface area contributed by atoms with Crippen LogP contribution in [0.5, 0.6) is 0 Å². The number of rotatable bonds is 54. The maximum Gasteiger partial charge on any atom is 0.472 e. The van der Waals surface area contributed by atoms with Gasteiger partial charge in [0.25, 0.3) is 0 Å². The van der Waals surface area contributed by atoms with E-state index in [0.29, 0.717) is 31.6 Å². The number of aliphatic hydroxyl groups is 1. The third-order valence-corrected chi connectivity index (χ3v) is 15.3. The Morgan fingerprint density at radius 2 is 0.680 bits per heavy atom. The summed E-state index contributed by atoms with van der Waals surface area (Å²) in [4.78, 5) is 71.5. The number of hydrogen-bond donors (Lipinski definition) is 3. The van der Waals surface area contributed by atoms with Gasteiger partial charge in [-0.3, -0.25) is 37.3 Å². The Labute approximate surface area is 454 Å². The first kappa shape index (κ1) is 73.1. The molecule has 0 aliphatic rings. The molecular weight excluding hydrogens is 1010 g/mol. The van der Waals surface area contributed by atoms with Crippen LogP contribution < -0.4 is 0 Å². The van der Waals surface area contributed by atoms with E-state index in [4.69, 9.17) is 37.0 Å². The van der Waals surface area contributed by atoms with Crippen LogP contribution in [0.15, 0.2) is 0 Å². The number of carbonyl (C=O) groups excluding carboxylic acids is 4. The molecule has 0 aromatic carbocycles. The van der Waals surface area contributed by atoms with Gasteiger partial charge in [-0.1, -0.05) is 209 Å². The van der Waals surface area contributed by atoms with Crippen LogP contribution >= 0.6 is 15.6 Å². The number of hydrogen-bond acceptors (Lipinski definition) is 15. The molecule has 0 rings (SSSR count). The van der Waals surface area contributed by atoms with Crippen molar-refractivity contribution < 1.29 is 80.2 Å². The van der Waals surface area contributed by atoms with Crippen LogP contribution in [-0.4, -0.2) is 96.7 Å². The standard InChI is InChI=1S/C56H108O17P2/c1-8-11-12-20-30-37-53(58)66-43-51(73-56(61)40-33-26-19-17-23-29-36-49(7)10-3)45-70-74(62,63)68-41-50(57)42-69-75(64,65)71-46-52(72-55(60)39-32-25-15-13-14-21-27-34-47(4)5)44-67-54(59)38-31-24-18-16-22-28-35-48(6)9-2/h47-52,57H,8-46H2,1-7H3,(H,62,63)(H,64,65)/t48?,49?,50-,51+,52+/m0/s1. The fourth-order valence-electron chi connectivity index (χ4n) is 8.00. The van der Waals surface area contributed by atoms with Gasteiger partial charge < -0.3 is 33.8 Å². The van der Waals surface area contributed by atoms with E-state index in [0.717, 1.165) is 115 Å². The third kappa shape index (κ3) is 48.9. The zero-order valence-corrected chi connectivity index (χ0v) is 49.8. The second-order valence-corrected chi connectivity index (χ2v) is 24.2. The molecule has 0 aliphatic heterocycles. The number of carbonyl (C=O) groups is 4. The third-order valence-electron chi connectivity index (χ3n) is 13.4. The maximum atomic E-state index is 12.9. The van der Waals surface area contributed by atoms with Gasteiger partial charge in [-0.2, -0.15) is 0 Å². The number of phosphoric acid groups is 2. The Bertz CT molecular complexity index is 1520. The summed E-state index contributed by atoms with van der Waals surface area (Å²) in [7, 11) is -9.86. The first-order valence-corrected chi connectivity index (χ1v) is 32.4. The lowest BCUT2D eigenvalue weighted by Gasteiger charge is -2.21. The molecular formula is C56H108O17P2. The molecule has 7 atom stereocenters. The summed E-state index contributed by atoms with van der Waals surface area (Å²) in [6.07, 6.45) is 25.8. The zero-order chi connectivity index (χ0) is 56.0. The topological polar surface area (TPSA) is 237 Å². The lowest BCUT2D eigenvalue weighted by Crippen LogP contribution is -2.30. The minimum absolute atomic E-state index is 0.101. The Morgan fingerprint density at radius 3 is 1.01 bits per heavy atom. The molecule has 0 radical (unpaired) electrons. The molecule has 0 aromatic rings. The molecule has 75 heavy (non-hydrogen) atoms. The molecule has 4 unspecified atom stereocenters. The molecule has 3 N–H and O–H groups in total. The predicted molar refractivity (Wildman–Crippen MR) is 294 cm³/mol.